The fourth-order valence-corrected chi connectivity index (χ4v) is 2.95. The molecule has 0 aliphatic carbocycles. The van der Waals surface area contributed by atoms with Crippen LogP contribution in [0.1, 0.15) is 18.1 Å². The normalized spacial score (nSPS) is 18.8. The zero-order valence-electron chi connectivity index (χ0n) is 12.1. The van der Waals surface area contributed by atoms with Crippen LogP contribution in [0.25, 0.3) is 0 Å². The molecule has 1 aromatic carbocycles. The van der Waals surface area contributed by atoms with Gasteiger partial charge in [-0.05, 0) is 23.7 Å². The number of ether oxygens (including phenoxy) is 1. The minimum Gasteiger partial charge on any atom is -0.493 e. The second-order valence-electron chi connectivity index (χ2n) is 5.53. The van der Waals surface area contributed by atoms with Crippen LogP contribution in [-0.4, -0.2) is 55.0 Å². The van der Waals surface area contributed by atoms with Gasteiger partial charge < -0.3 is 14.5 Å². The van der Waals surface area contributed by atoms with Crippen LogP contribution in [0.2, 0.25) is 0 Å². The molecule has 1 amide bonds. The summed E-state index contributed by atoms with van der Waals surface area (Å²) in [6, 6.07) is 6.15. The first-order valence-corrected chi connectivity index (χ1v) is 7.51. The summed E-state index contributed by atoms with van der Waals surface area (Å²) in [4.78, 5) is 16.7. The Morgan fingerprint density at radius 3 is 2.80 bits per heavy atom. The number of hydrogen-bond donors (Lipinski definition) is 0. The van der Waals surface area contributed by atoms with Gasteiger partial charge in [0.1, 0.15) is 5.75 Å². The van der Waals surface area contributed by atoms with E-state index in [2.05, 4.69) is 17.9 Å². The number of piperazine rings is 1. The van der Waals surface area contributed by atoms with Crippen molar-refractivity contribution in [3.63, 3.8) is 0 Å². The lowest BCUT2D eigenvalue weighted by Crippen LogP contribution is -2.48. The highest BCUT2D eigenvalue weighted by Gasteiger charge is 2.21. The molecule has 0 atom stereocenters. The van der Waals surface area contributed by atoms with Crippen LogP contribution in [0.15, 0.2) is 18.2 Å². The van der Waals surface area contributed by atoms with Crippen molar-refractivity contribution in [3.8, 4) is 5.75 Å². The molecular formula is C16H22N2O2. The number of fused-ring (bicyclic) bond motifs is 1. The lowest BCUT2D eigenvalue weighted by atomic mass is 10.1. The molecule has 0 N–H and O–H groups in total. The first-order valence-electron chi connectivity index (χ1n) is 7.51. The Morgan fingerprint density at radius 2 is 2.05 bits per heavy atom. The Bertz CT molecular complexity index is 493. The Hall–Kier alpha value is -1.55. The largest absolute Gasteiger partial charge is 0.493 e. The fraction of sp³-hybridized carbons (Fsp3) is 0.562. The molecule has 1 saturated heterocycles. The number of hydrogen-bond acceptors (Lipinski definition) is 3. The Balaban J connectivity index is 1.59. The molecule has 0 aromatic heterocycles. The summed E-state index contributed by atoms with van der Waals surface area (Å²) in [7, 11) is 0. The third-order valence-electron chi connectivity index (χ3n) is 4.28. The van der Waals surface area contributed by atoms with Crippen LogP contribution in [0.5, 0.6) is 5.75 Å². The average molecular weight is 274 g/mol. The molecule has 20 heavy (non-hydrogen) atoms. The number of likely N-dealkylation sites (N-methyl/N-ethyl adjacent to an activating group) is 1. The number of benzene rings is 1. The quantitative estimate of drug-likeness (QED) is 0.833. The van der Waals surface area contributed by atoms with Gasteiger partial charge in [0.25, 0.3) is 0 Å². The minimum absolute atomic E-state index is 0.250. The van der Waals surface area contributed by atoms with E-state index in [-0.39, 0.29) is 5.91 Å². The van der Waals surface area contributed by atoms with Crippen LogP contribution in [0.4, 0.5) is 0 Å². The first kappa shape index (κ1) is 13.4. The zero-order valence-corrected chi connectivity index (χ0v) is 12.1. The SMILES string of the molecule is CCN1CCN(C(=O)Cc2ccc3c(c2)CCO3)CC1. The van der Waals surface area contributed by atoms with Crippen molar-refractivity contribution in [2.24, 2.45) is 0 Å². The maximum Gasteiger partial charge on any atom is 0.227 e. The molecule has 4 heteroatoms. The molecule has 0 radical (unpaired) electrons. The number of carbonyl (C=O) groups is 1. The molecule has 108 valence electrons. The van der Waals surface area contributed by atoms with E-state index >= 15 is 0 Å². The van der Waals surface area contributed by atoms with E-state index in [0.29, 0.717) is 6.42 Å². The molecule has 0 saturated carbocycles. The Labute approximate surface area is 120 Å². The van der Waals surface area contributed by atoms with Gasteiger partial charge in [0, 0.05) is 32.6 Å². The third kappa shape index (κ3) is 2.80. The van der Waals surface area contributed by atoms with Crippen LogP contribution < -0.4 is 4.74 Å². The summed E-state index contributed by atoms with van der Waals surface area (Å²) < 4.78 is 5.50. The molecule has 2 heterocycles. The van der Waals surface area contributed by atoms with Gasteiger partial charge in [0.2, 0.25) is 5.91 Å². The van der Waals surface area contributed by atoms with Crippen molar-refractivity contribution < 1.29 is 9.53 Å². The van der Waals surface area contributed by atoms with Gasteiger partial charge >= 0.3 is 0 Å². The first-order chi connectivity index (χ1) is 9.76. The summed E-state index contributed by atoms with van der Waals surface area (Å²) in [5, 5.41) is 0. The number of carbonyl (C=O) groups excluding carboxylic acids is 1. The van der Waals surface area contributed by atoms with Gasteiger partial charge in [-0.2, -0.15) is 0 Å². The standard InChI is InChI=1S/C16H22N2O2/c1-2-17-6-8-18(9-7-17)16(19)12-13-3-4-15-14(11-13)5-10-20-15/h3-4,11H,2,5-10,12H2,1H3. The summed E-state index contributed by atoms with van der Waals surface area (Å²) in [5.41, 5.74) is 2.35. The summed E-state index contributed by atoms with van der Waals surface area (Å²) in [5.74, 6) is 1.23. The van der Waals surface area contributed by atoms with E-state index in [1.807, 2.05) is 17.0 Å². The van der Waals surface area contributed by atoms with E-state index in [0.717, 1.165) is 57.1 Å². The topological polar surface area (TPSA) is 32.8 Å². The fourth-order valence-electron chi connectivity index (χ4n) is 2.95. The average Bonchev–Trinajstić information content (AvgIpc) is 2.95. The van der Waals surface area contributed by atoms with Gasteiger partial charge in [-0.3, -0.25) is 4.79 Å². The monoisotopic (exact) mass is 274 g/mol. The lowest BCUT2D eigenvalue weighted by molar-refractivity contribution is -0.132. The Morgan fingerprint density at radius 1 is 1.25 bits per heavy atom. The van der Waals surface area contributed by atoms with E-state index in [1.54, 1.807) is 0 Å². The van der Waals surface area contributed by atoms with E-state index in [1.165, 1.54) is 5.56 Å². The van der Waals surface area contributed by atoms with Crippen molar-refractivity contribution in [3.05, 3.63) is 29.3 Å². The smallest absolute Gasteiger partial charge is 0.227 e. The van der Waals surface area contributed by atoms with Crippen molar-refractivity contribution in [1.82, 2.24) is 9.80 Å². The van der Waals surface area contributed by atoms with Gasteiger partial charge in [0.15, 0.2) is 0 Å². The number of nitrogens with zero attached hydrogens (tertiary/aromatic N) is 2. The molecule has 0 bridgehead atoms. The third-order valence-corrected chi connectivity index (χ3v) is 4.28. The minimum atomic E-state index is 0.250. The van der Waals surface area contributed by atoms with Crippen LogP contribution in [0, 0.1) is 0 Å². The second-order valence-corrected chi connectivity index (χ2v) is 5.53. The van der Waals surface area contributed by atoms with Gasteiger partial charge in [-0.1, -0.05) is 19.1 Å². The maximum absolute atomic E-state index is 12.3. The zero-order chi connectivity index (χ0) is 13.9. The highest BCUT2D eigenvalue weighted by Crippen LogP contribution is 2.26. The predicted octanol–water partition coefficient (Wildman–Crippen LogP) is 1.33. The van der Waals surface area contributed by atoms with Crippen molar-refractivity contribution in [1.29, 1.82) is 0 Å². The molecule has 3 rings (SSSR count). The number of rotatable bonds is 3. The molecule has 1 fully saturated rings. The maximum atomic E-state index is 12.3. The van der Waals surface area contributed by atoms with Gasteiger partial charge in [0.05, 0.1) is 13.0 Å². The van der Waals surface area contributed by atoms with Gasteiger partial charge in [-0.15, -0.1) is 0 Å². The van der Waals surface area contributed by atoms with E-state index < -0.39 is 0 Å². The highest BCUT2D eigenvalue weighted by atomic mass is 16.5. The van der Waals surface area contributed by atoms with E-state index in [9.17, 15) is 4.79 Å². The lowest BCUT2D eigenvalue weighted by Gasteiger charge is -2.34. The van der Waals surface area contributed by atoms with Crippen LogP contribution in [0.3, 0.4) is 0 Å². The molecule has 4 nitrogen and oxygen atoms in total. The molecule has 0 unspecified atom stereocenters. The molecule has 0 spiro atoms. The summed E-state index contributed by atoms with van der Waals surface area (Å²) in [6.07, 6.45) is 1.48. The van der Waals surface area contributed by atoms with Gasteiger partial charge in [-0.25, -0.2) is 0 Å². The number of amides is 1. The van der Waals surface area contributed by atoms with Crippen LogP contribution >= 0.6 is 0 Å². The molecule has 2 aliphatic rings. The van der Waals surface area contributed by atoms with Crippen molar-refractivity contribution in [2.45, 2.75) is 19.8 Å². The summed E-state index contributed by atoms with van der Waals surface area (Å²) >= 11 is 0. The van der Waals surface area contributed by atoms with Crippen LogP contribution in [-0.2, 0) is 17.6 Å². The van der Waals surface area contributed by atoms with E-state index in [4.69, 9.17) is 4.74 Å². The second kappa shape index (κ2) is 5.83. The molecular weight excluding hydrogens is 252 g/mol. The molecule has 2 aliphatic heterocycles. The summed E-state index contributed by atoms with van der Waals surface area (Å²) in [6.45, 7) is 7.74. The highest BCUT2D eigenvalue weighted by molar-refractivity contribution is 5.79. The predicted molar refractivity (Wildman–Crippen MR) is 78.0 cm³/mol. The van der Waals surface area contributed by atoms with Crippen molar-refractivity contribution >= 4 is 5.91 Å². The Kier molecular flexibility index (Phi) is 3.92. The van der Waals surface area contributed by atoms with Crippen molar-refractivity contribution in [2.75, 3.05) is 39.3 Å². The molecule has 1 aromatic rings.